The summed E-state index contributed by atoms with van der Waals surface area (Å²) in [5.41, 5.74) is 1.62. The van der Waals surface area contributed by atoms with Crippen LogP contribution in [0.5, 0.6) is 0 Å². The highest BCUT2D eigenvalue weighted by molar-refractivity contribution is 7.80. The van der Waals surface area contributed by atoms with Gasteiger partial charge in [-0.1, -0.05) is 0 Å². The van der Waals surface area contributed by atoms with Gasteiger partial charge in [-0.2, -0.15) is 0 Å². The standard InChI is InChI=1S/C8H7N3O2S/c1-4(12)9-5-2-3-6(14)8-7(5)10-13-11-8/h2-3,14H,1H3,(H,9,12). The number of nitrogens with zero attached hydrogens (tertiary/aromatic N) is 2. The minimum absolute atomic E-state index is 0.166. The molecule has 2 rings (SSSR count). The fourth-order valence-electron chi connectivity index (χ4n) is 1.14. The molecule has 1 aromatic carbocycles. The predicted molar refractivity (Wildman–Crippen MR) is 53.4 cm³/mol. The average Bonchev–Trinajstić information content (AvgIpc) is 2.58. The maximum Gasteiger partial charge on any atom is 0.221 e. The molecule has 1 amide bonds. The second-order valence-corrected chi connectivity index (χ2v) is 3.26. The molecule has 0 aliphatic heterocycles. The summed E-state index contributed by atoms with van der Waals surface area (Å²) in [4.78, 5) is 11.5. The van der Waals surface area contributed by atoms with Gasteiger partial charge in [0.15, 0.2) is 11.0 Å². The van der Waals surface area contributed by atoms with Crippen LogP contribution in [0, 0.1) is 0 Å². The molecule has 0 saturated carbocycles. The Morgan fingerprint density at radius 2 is 2.14 bits per heavy atom. The Morgan fingerprint density at radius 1 is 1.43 bits per heavy atom. The zero-order chi connectivity index (χ0) is 10.1. The molecule has 0 bridgehead atoms. The number of anilines is 1. The third kappa shape index (κ3) is 1.44. The maximum absolute atomic E-state index is 10.9. The van der Waals surface area contributed by atoms with Gasteiger partial charge in [0, 0.05) is 11.8 Å². The Labute approximate surface area is 84.8 Å². The van der Waals surface area contributed by atoms with Crippen LogP contribution in [0.25, 0.3) is 11.0 Å². The van der Waals surface area contributed by atoms with E-state index < -0.39 is 0 Å². The summed E-state index contributed by atoms with van der Waals surface area (Å²) < 4.78 is 4.57. The summed E-state index contributed by atoms with van der Waals surface area (Å²) >= 11 is 4.18. The number of aromatic nitrogens is 2. The monoisotopic (exact) mass is 209 g/mol. The van der Waals surface area contributed by atoms with E-state index in [4.69, 9.17) is 0 Å². The minimum atomic E-state index is -0.166. The molecular weight excluding hydrogens is 202 g/mol. The molecule has 6 heteroatoms. The van der Waals surface area contributed by atoms with E-state index in [1.54, 1.807) is 12.1 Å². The molecule has 0 saturated heterocycles. The maximum atomic E-state index is 10.9. The van der Waals surface area contributed by atoms with Crippen molar-refractivity contribution in [2.24, 2.45) is 0 Å². The lowest BCUT2D eigenvalue weighted by Gasteiger charge is -2.01. The van der Waals surface area contributed by atoms with E-state index in [1.807, 2.05) is 0 Å². The first kappa shape index (κ1) is 9.01. The molecular formula is C8H7N3O2S. The van der Waals surface area contributed by atoms with Gasteiger partial charge in [0.2, 0.25) is 5.91 Å². The van der Waals surface area contributed by atoms with Gasteiger partial charge in [-0.05, 0) is 22.4 Å². The Kier molecular flexibility index (Phi) is 2.12. The topological polar surface area (TPSA) is 68.0 Å². The number of amides is 1. The molecule has 0 radical (unpaired) electrons. The Hall–Kier alpha value is -1.56. The largest absolute Gasteiger partial charge is 0.324 e. The predicted octanol–water partition coefficient (Wildman–Crippen LogP) is 1.47. The van der Waals surface area contributed by atoms with Crippen molar-refractivity contribution in [1.29, 1.82) is 0 Å². The number of nitrogens with one attached hydrogen (secondary N) is 1. The van der Waals surface area contributed by atoms with Gasteiger partial charge in [-0.25, -0.2) is 4.63 Å². The average molecular weight is 209 g/mol. The first-order valence-corrected chi connectivity index (χ1v) is 4.35. The first-order valence-electron chi connectivity index (χ1n) is 3.90. The number of fused-ring (bicyclic) bond motifs is 1. The van der Waals surface area contributed by atoms with Crippen LogP contribution in [0.3, 0.4) is 0 Å². The number of rotatable bonds is 1. The van der Waals surface area contributed by atoms with Crippen LogP contribution in [-0.2, 0) is 4.79 Å². The second-order valence-electron chi connectivity index (χ2n) is 2.77. The summed E-state index contributed by atoms with van der Waals surface area (Å²) in [6.45, 7) is 1.42. The highest BCUT2D eigenvalue weighted by Gasteiger charge is 2.10. The molecule has 0 spiro atoms. The molecule has 5 nitrogen and oxygen atoms in total. The van der Waals surface area contributed by atoms with Crippen molar-refractivity contribution in [1.82, 2.24) is 10.3 Å². The number of benzene rings is 1. The zero-order valence-electron chi connectivity index (χ0n) is 7.31. The van der Waals surface area contributed by atoms with E-state index in [0.29, 0.717) is 21.6 Å². The summed E-state index contributed by atoms with van der Waals surface area (Å²) in [7, 11) is 0. The summed E-state index contributed by atoms with van der Waals surface area (Å²) in [5, 5.41) is 9.98. The fourth-order valence-corrected chi connectivity index (χ4v) is 1.37. The van der Waals surface area contributed by atoms with E-state index in [2.05, 4.69) is 32.9 Å². The van der Waals surface area contributed by atoms with Crippen LogP contribution in [-0.4, -0.2) is 16.2 Å². The molecule has 1 N–H and O–H groups in total. The molecule has 1 heterocycles. The number of carbonyl (C=O) groups excluding carboxylic acids is 1. The summed E-state index contributed by atoms with van der Waals surface area (Å²) in [5.74, 6) is -0.166. The Balaban J connectivity index is 2.60. The highest BCUT2D eigenvalue weighted by atomic mass is 32.1. The van der Waals surface area contributed by atoms with Crippen molar-refractivity contribution in [2.75, 3.05) is 5.32 Å². The second kappa shape index (κ2) is 3.30. The van der Waals surface area contributed by atoms with Crippen LogP contribution < -0.4 is 5.32 Å². The quantitative estimate of drug-likeness (QED) is 0.698. The molecule has 0 atom stereocenters. The van der Waals surface area contributed by atoms with Gasteiger partial charge in [-0.3, -0.25) is 4.79 Å². The number of thiol groups is 1. The van der Waals surface area contributed by atoms with Gasteiger partial charge in [0.05, 0.1) is 5.69 Å². The van der Waals surface area contributed by atoms with Crippen molar-refractivity contribution in [2.45, 2.75) is 11.8 Å². The van der Waals surface area contributed by atoms with Crippen molar-refractivity contribution in [3.05, 3.63) is 12.1 Å². The third-order valence-electron chi connectivity index (χ3n) is 1.70. The van der Waals surface area contributed by atoms with E-state index in [9.17, 15) is 4.79 Å². The van der Waals surface area contributed by atoms with Gasteiger partial charge in [0.25, 0.3) is 0 Å². The SMILES string of the molecule is CC(=O)Nc1ccc(S)c2nonc12. The fraction of sp³-hybridized carbons (Fsp3) is 0.125. The van der Waals surface area contributed by atoms with Crippen LogP contribution in [0.4, 0.5) is 5.69 Å². The van der Waals surface area contributed by atoms with Crippen LogP contribution in [0.15, 0.2) is 21.7 Å². The van der Waals surface area contributed by atoms with E-state index in [-0.39, 0.29) is 5.91 Å². The smallest absolute Gasteiger partial charge is 0.221 e. The van der Waals surface area contributed by atoms with Crippen LogP contribution in [0.2, 0.25) is 0 Å². The first-order chi connectivity index (χ1) is 6.68. The summed E-state index contributed by atoms with van der Waals surface area (Å²) in [6, 6.07) is 3.43. The molecule has 0 aliphatic carbocycles. The van der Waals surface area contributed by atoms with Crippen molar-refractivity contribution in [3.63, 3.8) is 0 Å². The zero-order valence-corrected chi connectivity index (χ0v) is 8.21. The molecule has 14 heavy (non-hydrogen) atoms. The number of hydrogen-bond donors (Lipinski definition) is 2. The molecule has 2 aromatic rings. The molecule has 0 aliphatic rings. The molecule has 1 aromatic heterocycles. The Bertz CT molecular complexity index is 494. The van der Waals surface area contributed by atoms with Gasteiger partial charge >= 0.3 is 0 Å². The minimum Gasteiger partial charge on any atom is -0.324 e. The normalized spacial score (nSPS) is 10.4. The van der Waals surface area contributed by atoms with Crippen LogP contribution >= 0.6 is 12.6 Å². The van der Waals surface area contributed by atoms with Gasteiger partial charge in [0.1, 0.15) is 0 Å². The van der Waals surface area contributed by atoms with E-state index in [0.717, 1.165) is 0 Å². The lowest BCUT2D eigenvalue weighted by atomic mass is 10.2. The van der Waals surface area contributed by atoms with E-state index in [1.165, 1.54) is 6.92 Å². The highest BCUT2D eigenvalue weighted by Crippen LogP contribution is 2.25. The van der Waals surface area contributed by atoms with Crippen LogP contribution in [0.1, 0.15) is 6.92 Å². The van der Waals surface area contributed by atoms with E-state index >= 15 is 0 Å². The number of hydrogen-bond acceptors (Lipinski definition) is 5. The van der Waals surface area contributed by atoms with Crippen molar-refractivity contribution in [3.8, 4) is 0 Å². The lowest BCUT2D eigenvalue weighted by molar-refractivity contribution is -0.114. The summed E-state index contributed by atoms with van der Waals surface area (Å²) in [6.07, 6.45) is 0. The Morgan fingerprint density at radius 3 is 2.86 bits per heavy atom. The van der Waals surface area contributed by atoms with Gasteiger partial charge in [-0.15, -0.1) is 12.6 Å². The molecule has 0 unspecified atom stereocenters. The number of carbonyl (C=O) groups is 1. The van der Waals surface area contributed by atoms with Crippen molar-refractivity contribution < 1.29 is 9.42 Å². The lowest BCUT2D eigenvalue weighted by Crippen LogP contribution is -2.06. The van der Waals surface area contributed by atoms with Gasteiger partial charge < -0.3 is 5.32 Å². The molecule has 0 fully saturated rings. The molecule has 72 valence electrons. The third-order valence-corrected chi connectivity index (χ3v) is 2.07. The van der Waals surface area contributed by atoms with Crippen molar-refractivity contribution >= 4 is 35.3 Å².